The molecule has 1 aliphatic heterocycles. The SMILES string of the molecule is Cc1cccc(CCC(=O)N(Cc2ccccn2)C2CCCNCC2)c1. The molecule has 4 nitrogen and oxygen atoms in total. The molecule has 0 saturated carbocycles. The van der Waals surface area contributed by atoms with Crippen LogP contribution < -0.4 is 5.32 Å². The molecule has 4 heteroatoms. The average molecular weight is 351 g/mol. The van der Waals surface area contributed by atoms with Gasteiger partial charge in [0.25, 0.3) is 0 Å². The summed E-state index contributed by atoms with van der Waals surface area (Å²) in [6, 6.07) is 14.7. The summed E-state index contributed by atoms with van der Waals surface area (Å²) in [5.41, 5.74) is 3.45. The first-order valence-corrected chi connectivity index (χ1v) is 9.68. The van der Waals surface area contributed by atoms with E-state index in [4.69, 9.17) is 0 Å². The first-order valence-electron chi connectivity index (χ1n) is 9.68. The lowest BCUT2D eigenvalue weighted by Crippen LogP contribution is -2.40. The zero-order valence-corrected chi connectivity index (χ0v) is 15.7. The summed E-state index contributed by atoms with van der Waals surface area (Å²) in [6.45, 7) is 4.73. The molecule has 1 amide bonds. The molecule has 0 spiro atoms. The minimum atomic E-state index is 0.240. The number of benzene rings is 1. The summed E-state index contributed by atoms with van der Waals surface area (Å²) < 4.78 is 0. The Morgan fingerprint density at radius 1 is 1.19 bits per heavy atom. The van der Waals surface area contributed by atoms with Crippen molar-refractivity contribution in [2.45, 2.75) is 51.6 Å². The van der Waals surface area contributed by atoms with Crippen LogP contribution in [0.2, 0.25) is 0 Å². The van der Waals surface area contributed by atoms with Gasteiger partial charge in [-0.3, -0.25) is 9.78 Å². The van der Waals surface area contributed by atoms with Crippen LogP contribution in [-0.2, 0) is 17.8 Å². The maximum atomic E-state index is 13.1. The topological polar surface area (TPSA) is 45.2 Å². The van der Waals surface area contributed by atoms with Crippen molar-refractivity contribution in [3.8, 4) is 0 Å². The van der Waals surface area contributed by atoms with E-state index in [1.54, 1.807) is 6.20 Å². The molecule has 138 valence electrons. The highest BCUT2D eigenvalue weighted by atomic mass is 16.2. The van der Waals surface area contributed by atoms with Crippen molar-refractivity contribution in [3.63, 3.8) is 0 Å². The van der Waals surface area contributed by atoms with Crippen LogP contribution in [0.25, 0.3) is 0 Å². The fourth-order valence-corrected chi connectivity index (χ4v) is 3.66. The van der Waals surface area contributed by atoms with Crippen molar-refractivity contribution in [3.05, 3.63) is 65.5 Å². The predicted octanol–water partition coefficient (Wildman–Crippen LogP) is 3.49. The normalized spacial score (nSPS) is 17.5. The summed E-state index contributed by atoms with van der Waals surface area (Å²) >= 11 is 0. The lowest BCUT2D eigenvalue weighted by molar-refractivity contribution is -0.134. The molecule has 1 fully saturated rings. The minimum absolute atomic E-state index is 0.240. The first-order chi connectivity index (χ1) is 12.7. The van der Waals surface area contributed by atoms with Crippen molar-refractivity contribution < 1.29 is 4.79 Å². The van der Waals surface area contributed by atoms with Gasteiger partial charge in [0, 0.05) is 18.7 Å². The van der Waals surface area contributed by atoms with Gasteiger partial charge in [-0.2, -0.15) is 0 Å². The average Bonchev–Trinajstić information content (AvgIpc) is 2.94. The number of aromatic nitrogens is 1. The van der Waals surface area contributed by atoms with Gasteiger partial charge < -0.3 is 10.2 Å². The zero-order chi connectivity index (χ0) is 18.2. The fourth-order valence-electron chi connectivity index (χ4n) is 3.66. The van der Waals surface area contributed by atoms with E-state index in [9.17, 15) is 4.79 Å². The lowest BCUT2D eigenvalue weighted by Gasteiger charge is -2.31. The third-order valence-corrected chi connectivity index (χ3v) is 5.07. The third-order valence-electron chi connectivity index (χ3n) is 5.07. The van der Waals surface area contributed by atoms with Crippen LogP contribution in [0, 0.1) is 6.92 Å². The zero-order valence-electron chi connectivity index (χ0n) is 15.7. The Labute approximate surface area is 156 Å². The van der Waals surface area contributed by atoms with E-state index in [1.807, 2.05) is 18.2 Å². The number of hydrogen-bond acceptors (Lipinski definition) is 3. The molecular formula is C22H29N3O. The molecule has 1 aliphatic rings. The van der Waals surface area contributed by atoms with E-state index in [1.165, 1.54) is 11.1 Å². The molecule has 2 aromatic rings. The Morgan fingerprint density at radius 2 is 2.12 bits per heavy atom. The Hall–Kier alpha value is -2.20. The number of amides is 1. The van der Waals surface area contributed by atoms with Gasteiger partial charge in [-0.05, 0) is 63.4 Å². The monoisotopic (exact) mass is 351 g/mol. The molecule has 0 aliphatic carbocycles. The summed E-state index contributed by atoms with van der Waals surface area (Å²) in [6.07, 6.45) is 6.36. The molecule has 1 aromatic heterocycles. The Bertz CT molecular complexity index is 694. The molecule has 1 N–H and O–H groups in total. The maximum absolute atomic E-state index is 13.1. The van der Waals surface area contributed by atoms with Crippen LogP contribution in [0.5, 0.6) is 0 Å². The number of rotatable bonds is 6. The van der Waals surface area contributed by atoms with Gasteiger partial charge in [0.2, 0.25) is 5.91 Å². The van der Waals surface area contributed by atoms with E-state index in [-0.39, 0.29) is 5.91 Å². The van der Waals surface area contributed by atoms with Crippen LogP contribution >= 0.6 is 0 Å². The van der Waals surface area contributed by atoms with Crippen molar-refractivity contribution in [1.29, 1.82) is 0 Å². The van der Waals surface area contributed by atoms with E-state index in [0.29, 0.717) is 19.0 Å². The second-order valence-corrected chi connectivity index (χ2v) is 7.17. The number of hydrogen-bond donors (Lipinski definition) is 1. The Morgan fingerprint density at radius 3 is 2.92 bits per heavy atom. The predicted molar refractivity (Wildman–Crippen MR) is 105 cm³/mol. The number of aryl methyl sites for hydroxylation is 2. The first kappa shape index (κ1) is 18.6. The summed E-state index contributed by atoms with van der Waals surface area (Å²) in [5, 5.41) is 3.45. The van der Waals surface area contributed by atoms with Crippen molar-refractivity contribution in [2.75, 3.05) is 13.1 Å². The van der Waals surface area contributed by atoms with Gasteiger partial charge in [0.05, 0.1) is 12.2 Å². The molecule has 26 heavy (non-hydrogen) atoms. The Balaban J connectivity index is 1.69. The molecule has 1 saturated heterocycles. The van der Waals surface area contributed by atoms with E-state index >= 15 is 0 Å². The van der Waals surface area contributed by atoms with Crippen molar-refractivity contribution in [1.82, 2.24) is 15.2 Å². The molecule has 0 radical (unpaired) electrons. The van der Waals surface area contributed by atoms with Gasteiger partial charge in [0.1, 0.15) is 0 Å². The van der Waals surface area contributed by atoms with E-state index < -0.39 is 0 Å². The fraction of sp³-hybridized carbons (Fsp3) is 0.455. The number of pyridine rings is 1. The molecule has 1 atom stereocenters. The largest absolute Gasteiger partial charge is 0.334 e. The summed E-state index contributed by atoms with van der Waals surface area (Å²) in [5.74, 6) is 0.240. The molecule has 3 rings (SSSR count). The summed E-state index contributed by atoms with van der Waals surface area (Å²) in [7, 11) is 0. The molecule has 0 bridgehead atoms. The third kappa shape index (κ3) is 5.40. The summed E-state index contributed by atoms with van der Waals surface area (Å²) in [4.78, 5) is 19.6. The molecule has 1 aromatic carbocycles. The minimum Gasteiger partial charge on any atom is -0.334 e. The van der Waals surface area contributed by atoms with Gasteiger partial charge in [0.15, 0.2) is 0 Å². The highest BCUT2D eigenvalue weighted by molar-refractivity contribution is 5.76. The van der Waals surface area contributed by atoms with Crippen LogP contribution in [0.15, 0.2) is 48.7 Å². The highest BCUT2D eigenvalue weighted by Crippen LogP contribution is 2.18. The standard InChI is InChI=1S/C22H29N3O/c1-18-6-4-7-19(16-18)10-11-22(26)25(17-20-8-2-3-14-24-20)21-9-5-13-23-15-12-21/h2-4,6-8,14,16,21,23H,5,9-13,15,17H2,1H3. The van der Waals surface area contributed by atoms with Crippen LogP contribution in [0.4, 0.5) is 0 Å². The van der Waals surface area contributed by atoms with Crippen molar-refractivity contribution >= 4 is 5.91 Å². The molecule has 1 unspecified atom stereocenters. The second kappa shape index (κ2) is 9.48. The number of nitrogens with one attached hydrogen (secondary N) is 1. The van der Waals surface area contributed by atoms with Gasteiger partial charge in [-0.15, -0.1) is 0 Å². The van der Waals surface area contributed by atoms with E-state index in [0.717, 1.165) is 44.5 Å². The molecule has 2 heterocycles. The molecular weight excluding hydrogens is 322 g/mol. The number of carbonyl (C=O) groups excluding carboxylic acids is 1. The van der Waals surface area contributed by atoms with Gasteiger partial charge in [-0.1, -0.05) is 35.9 Å². The van der Waals surface area contributed by atoms with Gasteiger partial charge in [-0.25, -0.2) is 0 Å². The van der Waals surface area contributed by atoms with Gasteiger partial charge >= 0.3 is 0 Å². The quantitative estimate of drug-likeness (QED) is 0.866. The number of nitrogens with zero attached hydrogens (tertiary/aromatic N) is 2. The van der Waals surface area contributed by atoms with Crippen molar-refractivity contribution in [2.24, 2.45) is 0 Å². The van der Waals surface area contributed by atoms with Crippen LogP contribution in [-0.4, -0.2) is 34.9 Å². The van der Waals surface area contributed by atoms with E-state index in [2.05, 4.69) is 46.4 Å². The number of carbonyl (C=O) groups is 1. The second-order valence-electron chi connectivity index (χ2n) is 7.17. The highest BCUT2D eigenvalue weighted by Gasteiger charge is 2.24. The smallest absolute Gasteiger partial charge is 0.223 e. The maximum Gasteiger partial charge on any atom is 0.223 e. The van der Waals surface area contributed by atoms with Crippen LogP contribution in [0.1, 0.15) is 42.5 Å². The van der Waals surface area contributed by atoms with Crippen LogP contribution in [0.3, 0.4) is 0 Å². The Kier molecular flexibility index (Phi) is 6.78. The lowest BCUT2D eigenvalue weighted by atomic mass is 10.0.